The molecule has 0 N–H and O–H groups in total. The van der Waals surface area contributed by atoms with Gasteiger partial charge in [-0.25, -0.2) is 9.50 Å². The van der Waals surface area contributed by atoms with Crippen molar-refractivity contribution in [1.82, 2.24) is 29.4 Å². The first-order valence-corrected chi connectivity index (χ1v) is 9.75. The number of aromatic nitrogens is 4. The molecule has 2 amide bonds. The fraction of sp³-hybridized carbons (Fsp3) is 0.381. The van der Waals surface area contributed by atoms with Crippen LogP contribution in [-0.2, 0) is 11.2 Å². The second-order valence-electron chi connectivity index (χ2n) is 7.58. The maximum atomic E-state index is 12.8. The monoisotopic (exact) mass is 392 g/mol. The van der Waals surface area contributed by atoms with Crippen LogP contribution in [0.25, 0.3) is 5.65 Å². The van der Waals surface area contributed by atoms with E-state index in [1.165, 1.54) is 4.90 Å². The molecule has 1 atom stereocenters. The van der Waals surface area contributed by atoms with Crippen molar-refractivity contribution in [2.75, 3.05) is 27.2 Å². The van der Waals surface area contributed by atoms with Crippen LogP contribution >= 0.6 is 0 Å². The van der Waals surface area contributed by atoms with Crippen molar-refractivity contribution in [2.24, 2.45) is 0 Å². The third-order valence-corrected chi connectivity index (χ3v) is 5.34. The number of amides is 2. The lowest BCUT2D eigenvalue weighted by Crippen LogP contribution is -2.40. The highest BCUT2D eigenvalue weighted by Crippen LogP contribution is 2.28. The van der Waals surface area contributed by atoms with Gasteiger partial charge in [-0.2, -0.15) is 5.10 Å². The molecule has 0 spiro atoms. The standard InChI is InChI=1S/C21H24N6O2/c1-25(2)21(29)17-13-24-27-18(7-9-23-20(17)27)16-6-4-10-26(14-16)19(28)11-15-5-3-8-22-12-15/h3,5,7-9,12-13,16H,4,6,10-11,14H2,1-2H3/t16-/m1/s1. The van der Waals surface area contributed by atoms with Gasteiger partial charge in [-0.05, 0) is 30.5 Å². The first-order valence-electron chi connectivity index (χ1n) is 9.75. The second-order valence-corrected chi connectivity index (χ2v) is 7.58. The number of hydrogen-bond acceptors (Lipinski definition) is 5. The summed E-state index contributed by atoms with van der Waals surface area (Å²) in [4.78, 5) is 37.1. The summed E-state index contributed by atoms with van der Waals surface area (Å²) in [6, 6.07) is 5.70. The van der Waals surface area contributed by atoms with Crippen molar-refractivity contribution in [3.8, 4) is 0 Å². The van der Waals surface area contributed by atoms with Gasteiger partial charge in [0.2, 0.25) is 5.91 Å². The van der Waals surface area contributed by atoms with Gasteiger partial charge in [-0.1, -0.05) is 6.07 Å². The highest BCUT2D eigenvalue weighted by atomic mass is 16.2. The number of piperidine rings is 1. The van der Waals surface area contributed by atoms with Crippen LogP contribution in [0, 0.1) is 0 Å². The summed E-state index contributed by atoms with van der Waals surface area (Å²) < 4.78 is 1.75. The Bertz CT molecular complexity index is 1030. The lowest BCUT2D eigenvalue weighted by molar-refractivity contribution is -0.131. The Kier molecular flexibility index (Phi) is 5.24. The Morgan fingerprint density at radius 1 is 1.21 bits per heavy atom. The minimum Gasteiger partial charge on any atom is -0.345 e. The molecular weight excluding hydrogens is 368 g/mol. The molecule has 4 rings (SSSR count). The molecule has 1 fully saturated rings. The van der Waals surface area contributed by atoms with Crippen LogP contribution in [0.1, 0.15) is 40.4 Å². The van der Waals surface area contributed by atoms with E-state index in [0.29, 0.717) is 24.2 Å². The molecule has 3 aromatic rings. The Morgan fingerprint density at radius 2 is 2.07 bits per heavy atom. The number of likely N-dealkylation sites (tertiary alicyclic amines) is 1. The summed E-state index contributed by atoms with van der Waals surface area (Å²) in [6.07, 6.45) is 8.98. The molecule has 4 heterocycles. The summed E-state index contributed by atoms with van der Waals surface area (Å²) in [5, 5.41) is 4.43. The second kappa shape index (κ2) is 7.98. The quantitative estimate of drug-likeness (QED) is 0.676. The van der Waals surface area contributed by atoms with Crippen molar-refractivity contribution in [3.05, 3.63) is 59.8 Å². The smallest absolute Gasteiger partial charge is 0.258 e. The number of fused-ring (bicyclic) bond motifs is 1. The van der Waals surface area contributed by atoms with E-state index in [9.17, 15) is 9.59 Å². The van der Waals surface area contributed by atoms with E-state index >= 15 is 0 Å². The largest absolute Gasteiger partial charge is 0.345 e. The van der Waals surface area contributed by atoms with Gasteiger partial charge in [-0.3, -0.25) is 14.6 Å². The molecular formula is C21H24N6O2. The van der Waals surface area contributed by atoms with E-state index in [4.69, 9.17) is 0 Å². The fourth-order valence-electron chi connectivity index (χ4n) is 3.84. The number of carbonyl (C=O) groups excluding carboxylic acids is 2. The average Bonchev–Trinajstić information content (AvgIpc) is 3.18. The number of rotatable bonds is 4. The predicted octanol–water partition coefficient (Wildman–Crippen LogP) is 1.77. The van der Waals surface area contributed by atoms with E-state index in [0.717, 1.165) is 30.6 Å². The topological polar surface area (TPSA) is 83.7 Å². The highest BCUT2D eigenvalue weighted by Gasteiger charge is 2.27. The summed E-state index contributed by atoms with van der Waals surface area (Å²) >= 11 is 0. The van der Waals surface area contributed by atoms with E-state index in [-0.39, 0.29) is 17.7 Å². The number of hydrogen-bond donors (Lipinski definition) is 0. The number of pyridine rings is 1. The van der Waals surface area contributed by atoms with Crippen LogP contribution in [0.5, 0.6) is 0 Å². The van der Waals surface area contributed by atoms with Gasteiger partial charge in [0.15, 0.2) is 5.65 Å². The molecule has 0 aliphatic carbocycles. The lowest BCUT2D eigenvalue weighted by atomic mass is 9.94. The molecule has 0 radical (unpaired) electrons. The Balaban J connectivity index is 1.56. The summed E-state index contributed by atoms with van der Waals surface area (Å²) in [5.74, 6) is 0.132. The molecule has 29 heavy (non-hydrogen) atoms. The average molecular weight is 392 g/mol. The molecule has 3 aromatic heterocycles. The van der Waals surface area contributed by atoms with E-state index in [1.54, 1.807) is 43.4 Å². The first kappa shape index (κ1) is 19.0. The van der Waals surface area contributed by atoms with Crippen molar-refractivity contribution in [1.29, 1.82) is 0 Å². The zero-order chi connectivity index (χ0) is 20.4. The summed E-state index contributed by atoms with van der Waals surface area (Å²) in [7, 11) is 3.42. The van der Waals surface area contributed by atoms with Gasteiger partial charge in [0.05, 0.1) is 18.3 Å². The van der Waals surface area contributed by atoms with Gasteiger partial charge in [0.1, 0.15) is 5.56 Å². The minimum atomic E-state index is -0.124. The fourth-order valence-corrected chi connectivity index (χ4v) is 3.84. The van der Waals surface area contributed by atoms with E-state index < -0.39 is 0 Å². The van der Waals surface area contributed by atoms with Crippen LogP contribution in [0.4, 0.5) is 0 Å². The van der Waals surface area contributed by atoms with Crippen LogP contribution < -0.4 is 0 Å². The molecule has 1 saturated heterocycles. The van der Waals surface area contributed by atoms with Gasteiger partial charge in [-0.15, -0.1) is 0 Å². The molecule has 8 nitrogen and oxygen atoms in total. The van der Waals surface area contributed by atoms with Crippen molar-refractivity contribution < 1.29 is 9.59 Å². The van der Waals surface area contributed by atoms with Gasteiger partial charge < -0.3 is 9.80 Å². The molecule has 0 saturated carbocycles. The molecule has 1 aliphatic rings. The molecule has 0 bridgehead atoms. The Hall–Kier alpha value is -3.29. The van der Waals surface area contributed by atoms with Crippen LogP contribution in [-0.4, -0.2) is 68.4 Å². The van der Waals surface area contributed by atoms with Crippen LogP contribution in [0.3, 0.4) is 0 Å². The lowest BCUT2D eigenvalue weighted by Gasteiger charge is -2.33. The summed E-state index contributed by atoms with van der Waals surface area (Å²) in [6.45, 7) is 1.39. The third kappa shape index (κ3) is 3.83. The van der Waals surface area contributed by atoms with Gasteiger partial charge >= 0.3 is 0 Å². The summed E-state index contributed by atoms with van der Waals surface area (Å²) in [5.41, 5.74) is 2.94. The van der Waals surface area contributed by atoms with Gasteiger partial charge in [0, 0.05) is 51.7 Å². The molecule has 150 valence electrons. The molecule has 0 aromatic carbocycles. The SMILES string of the molecule is CN(C)C(=O)c1cnn2c([C@@H]3CCCN(C(=O)Cc4cccnc4)C3)ccnc12. The zero-order valence-corrected chi connectivity index (χ0v) is 16.7. The molecule has 0 unspecified atom stereocenters. The zero-order valence-electron chi connectivity index (χ0n) is 16.7. The Morgan fingerprint density at radius 3 is 2.83 bits per heavy atom. The Labute approximate surface area is 169 Å². The van der Waals surface area contributed by atoms with Crippen molar-refractivity contribution in [2.45, 2.75) is 25.2 Å². The number of nitrogens with zero attached hydrogens (tertiary/aromatic N) is 6. The van der Waals surface area contributed by atoms with E-state index in [1.807, 2.05) is 23.1 Å². The minimum absolute atomic E-state index is 0.108. The van der Waals surface area contributed by atoms with E-state index in [2.05, 4.69) is 15.1 Å². The highest BCUT2D eigenvalue weighted by molar-refractivity contribution is 5.99. The third-order valence-electron chi connectivity index (χ3n) is 5.34. The molecule has 8 heteroatoms. The first-order chi connectivity index (χ1) is 14.0. The van der Waals surface area contributed by atoms with Crippen LogP contribution in [0.15, 0.2) is 43.0 Å². The predicted molar refractivity (Wildman–Crippen MR) is 108 cm³/mol. The van der Waals surface area contributed by atoms with Crippen molar-refractivity contribution in [3.63, 3.8) is 0 Å². The maximum Gasteiger partial charge on any atom is 0.258 e. The van der Waals surface area contributed by atoms with Gasteiger partial charge in [0.25, 0.3) is 5.91 Å². The normalized spacial score (nSPS) is 16.8. The van der Waals surface area contributed by atoms with Crippen molar-refractivity contribution >= 4 is 17.5 Å². The molecule has 1 aliphatic heterocycles. The maximum absolute atomic E-state index is 12.8. The van der Waals surface area contributed by atoms with Crippen LogP contribution in [0.2, 0.25) is 0 Å². The number of carbonyl (C=O) groups is 2.